The molecule has 0 heterocycles. The van der Waals surface area contributed by atoms with Crippen molar-refractivity contribution in [2.75, 3.05) is 6.54 Å². The molecule has 0 aromatic heterocycles. The molecule has 0 fully saturated rings. The van der Waals surface area contributed by atoms with Gasteiger partial charge in [-0.05, 0) is 65.8 Å². The van der Waals surface area contributed by atoms with Crippen molar-refractivity contribution in [1.82, 2.24) is 5.32 Å². The summed E-state index contributed by atoms with van der Waals surface area (Å²) in [5.41, 5.74) is 2.77. The van der Waals surface area contributed by atoms with E-state index >= 15 is 0 Å². The normalized spacial score (nSPS) is 11.3. The lowest BCUT2D eigenvalue weighted by Crippen LogP contribution is -2.32. The van der Waals surface area contributed by atoms with Crippen LogP contribution in [-0.2, 0) is 0 Å². The molecule has 5 heteroatoms. The van der Waals surface area contributed by atoms with E-state index in [2.05, 4.69) is 5.32 Å². The number of rotatable bonds is 4. The van der Waals surface area contributed by atoms with Gasteiger partial charge >= 0.3 is 5.97 Å². The maximum Gasteiger partial charge on any atom is 0.335 e. The minimum absolute atomic E-state index is 0.0173. The van der Waals surface area contributed by atoms with Gasteiger partial charge in [-0.15, -0.1) is 0 Å². The number of carboxylic acid groups (broad SMARTS) is 1. The van der Waals surface area contributed by atoms with Crippen LogP contribution in [0, 0.1) is 25.1 Å². The van der Waals surface area contributed by atoms with Crippen LogP contribution < -0.4 is 5.32 Å². The molecule has 0 aliphatic carbocycles. The number of halogens is 1. The molecule has 0 atom stereocenters. The molecule has 2 N–H and O–H groups in total. The Morgan fingerprint density at radius 1 is 1.04 bits per heavy atom. The van der Waals surface area contributed by atoms with Gasteiger partial charge in [-0.2, -0.15) is 0 Å². The van der Waals surface area contributed by atoms with Crippen LogP contribution in [0.25, 0.3) is 11.1 Å². The first kappa shape index (κ1) is 19.6. The zero-order chi connectivity index (χ0) is 19.6. The maximum absolute atomic E-state index is 14.1. The highest BCUT2D eigenvalue weighted by Gasteiger charge is 2.17. The van der Waals surface area contributed by atoms with E-state index in [0.29, 0.717) is 28.8 Å². The Bertz CT molecular complexity index is 866. The van der Waals surface area contributed by atoms with Gasteiger partial charge in [0.05, 0.1) is 5.56 Å². The molecule has 0 radical (unpaired) electrons. The summed E-state index contributed by atoms with van der Waals surface area (Å²) in [6.45, 7) is 10.1. The Kier molecular flexibility index (Phi) is 5.50. The predicted molar refractivity (Wildman–Crippen MR) is 100 cm³/mol. The van der Waals surface area contributed by atoms with Crippen LogP contribution >= 0.6 is 0 Å². The molecule has 0 aliphatic rings. The predicted octanol–water partition coefficient (Wildman–Crippen LogP) is 4.58. The summed E-state index contributed by atoms with van der Waals surface area (Å²) in [4.78, 5) is 23.5. The molecule has 26 heavy (non-hydrogen) atoms. The number of carbonyl (C=O) groups is 2. The van der Waals surface area contributed by atoms with Gasteiger partial charge in [-0.3, -0.25) is 4.79 Å². The molecule has 2 aromatic carbocycles. The highest BCUT2D eigenvalue weighted by atomic mass is 19.1. The zero-order valence-corrected chi connectivity index (χ0v) is 15.7. The third-order valence-electron chi connectivity index (χ3n) is 4.15. The van der Waals surface area contributed by atoms with Gasteiger partial charge in [0.25, 0.3) is 5.91 Å². The Labute approximate surface area is 153 Å². The summed E-state index contributed by atoms with van der Waals surface area (Å²) in [5.74, 6) is -1.91. The van der Waals surface area contributed by atoms with E-state index in [1.807, 2.05) is 27.7 Å². The van der Waals surface area contributed by atoms with Crippen molar-refractivity contribution >= 4 is 11.9 Å². The maximum atomic E-state index is 14.1. The minimum atomic E-state index is -1.18. The molecule has 0 aliphatic heterocycles. The Morgan fingerprint density at radius 3 is 2.23 bits per heavy atom. The van der Waals surface area contributed by atoms with Crippen LogP contribution in [0.3, 0.4) is 0 Å². The lowest BCUT2D eigenvalue weighted by Gasteiger charge is -2.19. The van der Waals surface area contributed by atoms with Gasteiger partial charge in [-0.1, -0.05) is 26.8 Å². The van der Waals surface area contributed by atoms with E-state index in [1.54, 1.807) is 25.1 Å². The number of carboxylic acids is 1. The van der Waals surface area contributed by atoms with Crippen LogP contribution in [0.1, 0.15) is 52.6 Å². The molecule has 0 saturated carbocycles. The first-order chi connectivity index (χ1) is 12.0. The van der Waals surface area contributed by atoms with Crippen LogP contribution in [0.4, 0.5) is 4.39 Å². The number of benzene rings is 2. The van der Waals surface area contributed by atoms with E-state index < -0.39 is 11.8 Å². The summed E-state index contributed by atoms with van der Waals surface area (Å²) >= 11 is 0. The SMILES string of the molecule is Cc1cc(C(=O)NCC(C)(C)C)ccc1-c1cc(C(=O)O)cc(F)c1C. The minimum Gasteiger partial charge on any atom is -0.478 e. The number of carbonyl (C=O) groups excluding carboxylic acids is 1. The molecule has 4 nitrogen and oxygen atoms in total. The molecule has 0 spiro atoms. The number of aryl methyl sites for hydroxylation is 1. The second-order valence-corrected chi connectivity index (χ2v) is 7.71. The molecular weight excluding hydrogens is 333 g/mol. The standard InChI is InChI=1S/C21H24FNO3/c1-12-8-14(19(24)23-11-21(3,4)5)6-7-16(12)17-9-15(20(25)26)10-18(22)13(17)2/h6-10H,11H2,1-5H3,(H,23,24)(H,25,26). The van der Waals surface area contributed by atoms with Crippen molar-refractivity contribution < 1.29 is 19.1 Å². The highest BCUT2D eigenvalue weighted by Crippen LogP contribution is 2.30. The van der Waals surface area contributed by atoms with E-state index in [4.69, 9.17) is 5.11 Å². The summed E-state index contributed by atoms with van der Waals surface area (Å²) in [6.07, 6.45) is 0. The summed E-state index contributed by atoms with van der Waals surface area (Å²) in [5, 5.41) is 12.1. The van der Waals surface area contributed by atoms with E-state index in [1.165, 1.54) is 6.07 Å². The van der Waals surface area contributed by atoms with Crippen molar-refractivity contribution in [3.05, 3.63) is 58.4 Å². The zero-order valence-electron chi connectivity index (χ0n) is 15.7. The van der Waals surface area contributed by atoms with Crippen molar-refractivity contribution in [3.8, 4) is 11.1 Å². The van der Waals surface area contributed by atoms with E-state index in [0.717, 1.165) is 11.6 Å². The summed E-state index contributed by atoms with van der Waals surface area (Å²) in [6, 6.07) is 7.62. The molecule has 0 bridgehead atoms. The van der Waals surface area contributed by atoms with Gasteiger partial charge in [0, 0.05) is 12.1 Å². The molecule has 2 aromatic rings. The fourth-order valence-corrected chi connectivity index (χ4v) is 2.64. The topological polar surface area (TPSA) is 66.4 Å². The Hall–Kier alpha value is -2.69. The van der Waals surface area contributed by atoms with E-state index in [-0.39, 0.29) is 16.9 Å². The van der Waals surface area contributed by atoms with E-state index in [9.17, 15) is 14.0 Å². The number of amides is 1. The van der Waals surface area contributed by atoms with Gasteiger partial charge in [0.2, 0.25) is 0 Å². The van der Waals surface area contributed by atoms with Gasteiger partial charge in [-0.25, -0.2) is 9.18 Å². The Morgan fingerprint density at radius 2 is 1.69 bits per heavy atom. The second-order valence-electron chi connectivity index (χ2n) is 7.71. The number of hydrogen-bond donors (Lipinski definition) is 2. The van der Waals surface area contributed by atoms with Crippen LogP contribution in [0.5, 0.6) is 0 Å². The smallest absolute Gasteiger partial charge is 0.335 e. The fourth-order valence-electron chi connectivity index (χ4n) is 2.64. The van der Waals surface area contributed by atoms with Crippen LogP contribution in [-0.4, -0.2) is 23.5 Å². The summed E-state index contributed by atoms with van der Waals surface area (Å²) in [7, 11) is 0. The number of aromatic carboxylic acids is 1. The van der Waals surface area contributed by atoms with Crippen LogP contribution in [0.2, 0.25) is 0 Å². The van der Waals surface area contributed by atoms with Crippen LogP contribution in [0.15, 0.2) is 30.3 Å². The fraction of sp³-hybridized carbons (Fsp3) is 0.333. The number of nitrogens with one attached hydrogen (secondary N) is 1. The van der Waals surface area contributed by atoms with Crippen molar-refractivity contribution in [2.45, 2.75) is 34.6 Å². The van der Waals surface area contributed by atoms with Crippen molar-refractivity contribution in [2.24, 2.45) is 5.41 Å². The largest absolute Gasteiger partial charge is 0.478 e. The first-order valence-corrected chi connectivity index (χ1v) is 8.42. The second kappa shape index (κ2) is 7.28. The average Bonchev–Trinajstić information content (AvgIpc) is 2.54. The molecular formula is C21H24FNO3. The lowest BCUT2D eigenvalue weighted by atomic mass is 9.93. The van der Waals surface area contributed by atoms with Crippen molar-refractivity contribution in [3.63, 3.8) is 0 Å². The lowest BCUT2D eigenvalue weighted by molar-refractivity contribution is 0.0696. The van der Waals surface area contributed by atoms with Crippen molar-refractivity contribution in [1.29, 1.82) is 0 Å². The Balaban J connectivity index is 2.39. The third-order valence-corrected chi connectivity index (χ3v) is 4.15. The third kappa shape index (κ3) is 4.48. The number of hydrogen-bond acceptors (Lipinski definition) is 2. The summed E-state index contributed by atoms with van der Waals surface area (Å²) < 4.78 is 14.1. The van der Waals surface area contributed by atoms with Gasteiger partial charge < -0.3 is 10.4 Å². The van der Waals surface area contributed by atoms with Gasteiger partial charge in [0.1, 0.15) is 5.82 Å². The quantitative estimate of drug-likeness (QED) is 0.841. The molecule has 138 valence electrons. The molecule has 2 rings (SSSR count). The molecule has 0 saturated heterocycles. The molecule has 0 unspecified atom stereocenters. The monoisotopic (exact) mass is 357 g/mol. The average molecular weight is 357 g/mol. The highest BCUT2D eigenvalue weighted by molar-refractivity contribution is 5.95. The molecule has 1 amide bonds. The first-order valence-electron chi connectivity index (χ1n) is 8.42. The van der Waals surface area contributed by atoms with Gasteiger partial charge in [0.15, 0.2) is 0 Å².